The number of alkyl carbamates (subject to hydrolysis) is 1. The molecule has 7 heteroatoms. The Bertz CT molecular complexity index is 971. The summed E-state index contributed by atoms with van der Waals surface area (Å²) in [5.74, 6) is -1.51. The number of amides is 2. The maximum atomic E-state index is 12.5. The van der Waals surface area contributed by atoms with Crippen LogP contribution in [0.2, 0.25) is 0 Å². The summed E-state index contributed by atoms with van der Waals surface area (Å²) in [6.45, 7) is 1.74. The fourth-order valence-electron chi connectivity index (χ4n) is 4.29. The van der Waals surface area contributed by atoms with Gasteiger partial charge < -0.3 is 20.5 Å². The molecule has 168 valence electrons. The van der Waals surface area contributed by atoms with Crippen molar-refractivity contribution in [2.45, 2.75) is 38.1 Å². The van der Waals surface area contributed by atoms with E-state index < -0.39 is 24.0 Å². The van der Waals surface area contributed by atoms with Crippen LogP contribution in [0.25, 0.3) is 11.1 Å². The molecule has 0 spiro atoms. The summed E-state index contributed by atoms with van der Waals surface area (Å²) in [5, 5.41) is 14.2. The number of fused-ring (bicyclic) bond motifs is 3. The summed E-state index contributed by atoms with van der Waals surface area (Å²) in [5.41, 5.74) is 4.59. The summed E-state index contributed by atoms with van der Waals surface area (Å²) in [6, 6.07) is 15.3. The topological polar surface area (TPSA) is 105 Å². The molecule has 1 unspecified atom stereocenters. The summed E-state index contributed by atoms with van der Waals surface area (Å²) >= 11 is 0. The molecular weight excluding hydrogens is 408 g/mol. The number of nitrogens with one attached hydrogen (secondary N) is 2. The lowest BCUT2D eigenvalue weighted by molar-refractivity contribution is -0.142. The average molecular weight is 437 g/mol. The van der Waals surface area contributed by atoms with Crippen LogP contribution in [0, 0.1) is 11.8 Å². The molecule has 3 N–H and O–H groups in total. The molecular formula is C25H28N2O5. The van der Waals surface area contributed by atoms with Crippen molar-refractivity contribution in [3.8, 4) is 11.1 Å². The molecule has 1 saturated carbocycles. The lowest BCUT2D eigenvalue weighted by Crippen LogP contribution is -2.45. The van der Waals surface area contributed by atoms with E-state index in [1.807, 2.05) is 24.3 Å². The van der Waals surface area contributed by atoms with E-state index >= 15 is 0 Å². The van der Waals surface area contributed by atoms with Gasteiger partial charge in [0.2, 0.25) is 5.91 Å². The SMILES string of the molecule is C[C@H](NC(=O)C(CNC(=O)OCC1c2ccccc2-c2ccccc21)CC1CC1)C(=O)O. The standard InChI is InChI=1S/C25H28N2O5/c1-15(24(29)30)27-23(28)17(12-16-10-11-16)13-26-25(31)32-14-22-20-8-4-2-6-18(20)19-7-3-5-9-21(19)22/h2-9,15-17,22H,10-14H2,1H3,(H,26,31)(H,27,28)(H,29,30)/t15-,17?/m0/s1. The maximum Gasteiger partial charge on any atom is 0.407 e. The number of hydrogen-bond donors (Lipinski definition) is 3. The lowest BCUT2D eigenvalue weighted by Gasteiger charge is -2.19. The third-order valence-electron chi connectivity index (χ3n) is 6.25. The first-order valence-corrected chi connectivity index (χ1v) is 11.1. The smallest absolute Gasteiger partial charge is 0.407 e. The van der Waals surface area contributed by atoms with Crippen LogP contribution in [0.15, 0.2) is 48.5 Å². The predicted molar refractivity (Wildman–Crippen MR) is 119 cm³/mol. The van der Waals surface area contributed by atoms with E-state index in [4.69, 9.17) is 9.84 Å². The van der Waals surface area contributed by atoms with Crippen LogP contribution >= 0.6 is 0 Å². The van der Waals surface area contributed by atoms with E-state index in [-0.39, 0.29) is 25.0 Å². The summed E-state index contributed by atoms with van der Waals surface area (Å²) in [4.78, 5) is 36.0. The zero-order chi connectivity index (χ0) is 22.7. The molecule has 2 amide bonds. The maximum absolute atomic E-state index is 12.5. The summed E-state index contributed by atoms with van der Waals surface area (Å²) in [6.07, 6.45) is 2.17. The van der Waals surface area contributed by atoms with E-state index in [1.54, 1.807) is 0 Å². The quantitative estimate of drug-likeness (QED) is 0.558. The second-order valence-corrected chi connectivity index (χ2v) is 8.65. The fourth-order valence-corrected chi connectivity index (χ4v) is 4.29. The third-order valence-corrected chi connectivity index (χ3v) is 6.25. The average Bonchev–Trinajstić information content (AvgIpc) is 3.55. The summed E-state index contributed by atoms with van der Waals surface area (Å²) < 4.78 is 5.53. The van der Waals surface area contributed by atoms with Gasteiger partial charge in [0.15, 0.2) is 0 Å². The van der Waals surface area contributed by atoms with E-state index in [9.17, 15) is 14.4 Å². The molecule has 0 saturated heterocycles. The van der Waals surface area contributed by atoms with Crippen LogP contribution in [-0.4, -0.2) is 42.3 Å². The number of ether oxygens (including phenoxy) is 1. The van der Waals surface area contributed by atoms with Crippen LogP contribution in [0.4, 0.5) is 4.79 Å². The van der Waals surface area contributed by atoms with E-state index in [1.165, 1.54) is 6.92 Å². The summed E-state index contributed by atoms with van der Waals surface area (Å²) in [7, 11) is 0. The molecule has 0 aliphatic heterocycles. The molecule has 1 fully saturated rings. The molecule has 2 atom stereocenters. The Morgan fingerprint density at radius 2 is 1.62 bits per heavy atom. The monoisotopic (exact) mass is 436 g/mol. The molecule has 2 aromatic rings. The molecule has 4 rings (SSSR count). The van der Waals surface area contributed by atoms with Gasteiger partial charge in [-0.25, -0.2) is 4.79 Å². The molecule has 2 aromatic carbocycles. The number of hydrogen-bond acceptors (Lipinski definition) is 4. The number of aliphatic carboxylic acids is 1. The highest BCUT2D eigenvalue weighted by molar-refractivity contribution is 5.85. The van der Waals surface area contributed by atoms with Crippen LogP contribution < -0.4 is 10.6 Å². The Morgan fingerprint density at radius 3 is 2.19 bits per heavy atom. The van der Waals surface area contributed by atoms with Crippen molar-refractivity contribution in [1.82, 2.24) is 10.6 Å². The van der Waals surface area contributed by atoms with Gasteiger partial charge >= 0.3 is 12.1 Å². The van der Waals surface area contributed by atoms with Crippen molar-refractivity contribution in [3.05, 3.63) is 59.7 Å². The number of carbonyl (C=O) groups excluding carboxylic acids is 2. The minimum Gasteiger partial charge on any atom is -0.480 e. The third kappa shape index (κ3) is 4.93. The van der Waals surface area contributed by atoms with E-state index in [0.717, 1.165) is 35.1 Å². The molecule has 0 bridgehead atoms. The van der Waals surface area contributed by atoms with E-state index in [0.29, 0.717) is 12.3 Å². The Morgan fingerprint density at radius 1 is 1.03 bits per heavy atom. The molecule has 0 radical (unpaired) electrons. The Hall–Kier alpha value is -3.35. The minimum absolute atomic E-state index is 0.0323. The number of carbonyl (C=O) groups is 3. The molecule has 0 aromatic heterocycles. The van der Waals surface area contributed by atoms with Crippen LogP contribution in [0.3, 0.4) is 0 Å². The highest BCUT2D eigenvalue weighted by atomic mass is 16.5. The van der Waals surface area contributed by atoms with E-state index in [2.05, 4.69) is 34.9 Å². The normalized spacial score (nSPS) is 16.4. The van der Waals surface area contributed by atoms with Crippen LogP contribution in [0.1, 0.15) is 43.2 Å². The van der Waals surface area contributed by atoms with Gasteiger partial charge in [0, 0.05) is 12.5 Å². The largest absolute Gasteiger partial charge is 0.480 e. The number of benzene rings is 2. The zero-order valence-electron chi connectivity index (χ0n) is 18.0. The van der Waals surface area contributed by atoms with Gasteiger partial charge in [-0.1, -0.05) is 61.4 Å². The minimum atomic E-state index is -1.09. The molecule has 2 aliphatic carbocycles. The van der Waals surface area contributed by atoms with Crippen LogP contribution in [-0.2, 0) is 14.3 Å². The van der Waals surface area contributed by atoms with Gasteiger partial charge in [-0.05, 0) is 41.5 Å². The first-order chi connectivity index (χ1) is 15.4. The Labute approximate surface area is 187 Å². The number of carboxylic acid groups (broad SMARTS) is 1. The van der Waals surface area contributed by atoms with Gasteiger partial charge in [-0.3, -0.25) is 9.59 Å². The highest BCUT2D eigenvalue weighted by Gasteiger charge is 2.32. The predicted octanol–water partition coefficient (Wildman–Crippen LogP) is 3.53. The lowest BCUT2D eigenvalue weighted by atomic mass is 9.98. The van der Waals surface area contributed by atoms with Crippen molar-refractivity contribution in [2.24, 2.45) is 11.8 Å². The van der Waals surface area contributed by atoms with Gasteiger partial charge in [0.1, 0.15) is 12.6 Å². The Balaban J connectivity index is 1.34. The van der Waals surface area contributed by atoms with Crippen LogP contribution in [0.5, 0.6) is 0 Å². The van der Waals surface area contributed by atoms with Crippen molar-refractivity contribution in [1.29, 1.82) is 0 Å². The second kappa shape index (κ2) is 9.42. The van der Waals surface area contributed by atoms with Gasteiger partial charge in [0.25, 0.3) is 0 Å². The van der Waals surface area contributed by atoms with Crippen molar-refractivity contribution >= 4 is 18.0 Å². The first kappa shape index (κ1) is 21.9. The van der Waals surface area contributed by atoms with Gasteiger partial charge in [-0.2, -0.15) is 0 Å². The highest BCUT2D eigenvalue weighted by Crippen LogP contribution is 2.44. The van der Waals surface area contributed by atoms with Gasteiger partial charge in [-0.15, -0.1) is 0 Å². The van der Waals surface area contributed by atoms with Crippen molar-refractivity contribution in [3.63, 3.8) is 0 Å². The second-order valence-electron chi connectivity index (χ2n) is 8.65. The molecule has 2 aliphatic rings. The Kier molecular flexibility index (Phi) is 6.44. The molecule has 7 nitrogen and oxygen atoms in total. The first-order valence-electron chi connectivity index (χ1n) is 11.1. The van der Waals surface area contributed by atoms with Crippen molar-refractivity contribution in [2.75, 3.05) is 13.2 Å². The van der Waals surface area contributed by atoms with Crippen molar-refractivity contribution < 1.29 is 24.2 Å². The molecule has 32 heavy (non-hydrogen) atoms. The molecule has 0 heterocycles. The van der Waals surface area contributed by atoms with Gasteiger partial charge in [0.05, 0.1) is 5.92 Å². The number of rotatable bonds is 9. The fraction of sp³-hybridized carbons (Fsp3) is 0.400. The zero-order valence-corrected chi connectivity index (χ0v) is 18.0. The number of carboxylic acids is 1.